The minimum atomic E-state index is -1.21. The standard InChI is InChI=1S/C27H31Cl2N3O4/c1-26(2,3)36-25(34)30-16-27(17-30,35-15-18-14-19(28)8-11-21(18)29)24(33)32-13-12-31(20-9-10-20)22-6-4-5-7-23(22)32/h4-8,11,14,20H,9-10,12-13,15-17H2,1-3H3. The molecule has 2 aromatic rings. The van der Waals surface area contributed by atoms with Gasteiger partial charge in [-0.3, -0.25) is 4.79 Å². The van der Waals surface area contributed by atoms with Gasteiger partial charge in [0.15, 0.2) is 5.60 Å². The van der Waals surface area contributed by atoms with Gasteiger partial charge in [-0.15, -0.1) is 0 Å². The average molecular weight is 532 g/mol. The second-order valence-electron chi connectivity index (χ2n) is 10.7. The highest BCUT2D eigenvalue weighted by Crippen LogP contribution is 2.42. The Morgan fingerprint density at radius 2 is 1.72 bits per heavy atom. The summed E-state index contributed by atoms with van der Waals surface area (Å²) in [6, 6.07) is 13.7. The van der Waals surface area contributed by atoms with Crippen molar-refractivity contribution in [1.82, 2.24) is 4.90 Å². The van der Waals surface area contributed by atoms with E-state index in [1.54, 1.807) is 23.1 Å². The van der Waals surface area contributed by atoms with Crippen molar-refractivity contribution >= 4 is 46.6 Å². The summed E-state index contributed by atoms with van der Waals surface area (Å²) in [5, 5.41) is 1.04. The van der Waals surface area contributed by atoms with Crippen LogP contribution in [0.4, 0.5) is 16.2 Å². The maximum atomic E-state index is 14.1. The molecule has 7 nitrogen and oxygen atoms in total. The van der Waals surface area contributed by atoms with Crippen molar-refractivity contribution in [3.8, 4) is 0 Å². The summed E-state index contributed by atoms with van der Waals surface area (Å²) in [7, 11) is 0. The van der Waals surface area contributed by atoms with Gasteiger partial charge in [0.25, 0.3) is 5.91 Å². The molecule has 2 aliphatic heterocycles. The maximum absolute atomic E-state index is 14.1. The summed E-state index contributed by atoms with van der Waals surface area (Å²) in [5.74, 6) is -0.164. The normalized spacial score (nSPS) is 19.0. The number of carbonyl (C=O) groups is 2. The fourth-order valence-corrected chi connectivity index (χ4v) is 5.16. The Bertz CT molecular complexity index is 1170. The van der Waals surface area contributed by atoms with E-state index in [1.807, 2.05) is 39.0 Å². The first-order valence-electron chi connectivity index (χ1n) is 12.3. The topological polar surface area (TPSA) is 62.3 Å². The van der Waals surface area contributed by atoms with E-state index in [0.29, 0.717) is 28.2 Å². The zero-order valence-corrected chi connectivity index (χ0v) is 22.3. The van der Waals surface area contributed by atoms with Gasteiger partial charge in [0, 0.05) is 29.2 Å². The number of anilines is 2. The molecular weight excluding hydrogens is 501 g/mol. The first kappa shape index (κ1) is 25.2. The highest BCUT2D eigenvalue weighted by molar-refractivity contribution is 6.33. The first-order chi connectivity index (χ1) is 17.1. The largest absolute Gasteiger partial charge is 0.444 e. The van der Waals surface area contributed by atoms with Crippen molar-refractivity contribution in [2.45, 2.75) is 57.5 Å². The second-order valence-corrected chi connectivity index (χ2v) is 11.6. The van der Waals surface area contributed by atoms with Crippen LogP contribution in [0.5, 0.6) is 0 Å². The molecule has 9 heteroatoms. The summed E-state index contributed by atoms with van der Waals surface area (Å²) in [6.07, 6.45) is 1.90. The van der Waals surface area contributed by atoms with E-state index in [4.69, 9.17) is 32.7 Å². The van der Waals surface area contributed by atoms with Gasteiger partial charge in [0.1, 0.15) is 5.60 Å². The van der Waals surface area contributed by atoms with Crippen molar-refractivity contribution in [2.24, 2.45) is 0 Å². The number of likely N-dealkylation sites (tertiary alicyclic amines) is 1. The van der Waals surface area contributed by atoms with Crippen LogP contribution >= 0.6 is 23.2 Å². The van der Waals surface area contributed by atoms with Crippen LogP contribution in [0.3, 0.4) is 0 Å². The third-order valence-corrected chi connectivity index (χ3v) is 7.33. The van der Waals surface area contributed by atoms with Crippen LogP contribution in [-0.4, -0.2) is 60.3 Å². The van der Waals surface area contributed by atoms with Crippen LogP contribution in [0.15, 0.2) is 42.5 Å². The molecule has 0 spiro atoms. The van der Waals surface area contributed by atoms with E-state index in [1.165, 1.54) is 17.7 Å². The molecule has 3 aliphatic rings. The minimum absolute atomic E-state index is 0.0942. The SMILES string of the molecule is CC(C)(C)OC(=O)N1CC(OCc2cc(Cl)ccc2Cl)(C(=O)N2CCN(C3CC3)c3ccccc32)C1. The Kier molecular flexibility index (Phi) is 6.60. The average Bonchev–Trinajstić information content (AvgIpc) is 3.63. The van der Waals surface area contributed by atoms with Gasteiger partial charge in [-0.25, -0.2) is 4.79 Å². The van der Waals surface area contributed by atoms with Crippen molar-refractivity contribution in [3.63, 3.8) is 0 Å². The highest BCUT2D eigenvalue weighted by atomic mass is 35.5. The monoisotopic (exact) mass is 531 g/mol. The molecular formula is C27H31Cl2N3O4. The zero-order chi connectivity index (χ0) is 25.7. The fourth-order valence-electron chi connectivity index (χ4n) is 4.79. The van der Waals surface area contributed by atoms with Gasteiger partial charge >= 0.3 is 6.09 Å². The van der Waals surface area contributed by atoms with Crippen molar-refractivity contribution in [1.29, 1.82) is 0 Å². The number of amides is 2. The highest BCUT2D eigenvalue weighted by Gasteiger charge is 2.56. The van der Waals surface area contributed by atoms with E-state index in [2.05, 4.69) is 11.0 Å². The van der Waals surface area contributed by atoms with Gasteiger partial charge < -0.3 is 24.2 Å². The number of carbonyl (C=O) groups excluding carboxylic acids is 2. The number of hydrogen-bond donors (Lipinski definition) is 0. The number of ether oxygens (including phenoxy) is 2. The molecule has 1 aliphatic carbocycles. The summed E-state index contributed by atoms with van der Waals surface area (Å²) in [5.41, 5.74) is 0.784. The van der Waals surface area contributed by atoms with Gasteiger partial charge in [-0.2, -0.15) is 0 Å². The molecule has 192 valence electrons. The summed E-state index contributed by atoms with van der Waals surface area (Å²) in [4.78, 5) is 32.5. The maximum Gasteiger partial charge on any atom is 0.410 e. The predicted octanol–water partition coefficient (Wildman–Crippen LogP) is 5.52. The molecule has 0 atom stereocenters. The number of rotatable bonds is 5. The van der Waals surface area contributed by atoms with Crippen LogP contribution in [-0.2, 0) is 20.9 Å². The van der Waals surface area contributed by atoms with E-state index >= 15 is 0 Å². The van der Waals surface area contributed by atoms with Crippen LogP contribution in [0, 0.1) is 0 Å². The molecule has 2 amide bonds. The molecule has 36 heavy (non-hydrogen) atoms. The van der Waals surface area contributed by atoms with E-state index in [9.17, 15) is 9.59 Å². The molecule has 0 N–H and O–H groups in total. The number of benzene rings is 2. The number of halogens is 2. The van der Waals surface area contributed by atoms with E-state index < -0.39 is 17.3 Å². The lowest BCUT2D eigenvalue weighted by molar-refractivity contribution is -0.172. The lowest BCUT2D eigenvalue weighted by atomic mass is 9.91. The van der Waals surface area contributed by atoms with Crippen LogP contribution < -0.4 is 9.80 Å². The third-order valence-electron chi connectivity index (χ3n) is 6.72. The van der Waals surface area contributed by atoms with Crippen molar-refractivity contribution < 1.29 is 19.1 Å². The van der Waals surface area contributed by atoms with Crippen LogP contribution in [0.1, 0.15) is 39.2 Å². The third kappa shape index (κ3) is 5.01. The minimum Gasteiger partial charge on any atom is -0.444 e. The summed E-state index contributed by atoms with van der Waals surface area (Å²) in [6.45, 7) is 7.07. The molecule has 0 aromatic heterocycles. The van der Waals surface area contributed by atoms with Gasteiger partial charge in [0.05, 0.1) is 31.1 Å². The Morgan fingerprint density at radius 1 is 1.03 bits per heavy atom. The summed E-state index contributed by atoms with van der Waals surface area (Å²) < 4.78 is 11.8. The summed E-state index contributed by atoms with van der Waals surface area (Å²) >= 11 is 12.5. The molecule has 5 rings (SSSR count). The van der Waals surface area contributed by atoms with Gasteiger partial charge in [-0.05, 0) is 69.5 Å². The van der Waals surface area contributed by atoms with Crippen LogP contribution in [0.2, 0.25) is 10.0 Å². The van der Waals surface area contributed by atoms with Crippen molar-refractivity contribution in [3.05, 3.63) is 58.1 Å². The molecule has 0 unspecified atom stereocenters. The lowest BCUT2D eigenvalue weighted by Crippen LogP contribution is -2.72. The molecule has 2 fully saturated rings. The number of fused-ring (bicyclic) bond motifs is 1. The molecule has 2 heterocycles. The Hall–Kier alpha value is -2.48. The first-order valence-corrected chi connectivity index (χ1v) is 13.1. The van der Waals surface area contributed by atoms with Gasteiger partial charge in [-0.1, -0.05) is 35.3 Å². The molecule has 0 radical (unpaired) electrons. The van der Waals surface area contributed by atoms with E-state index in [0.717, 1.165) is 17.9 Å². The Morgan fingerprint density at radius 3 is 2.39 bits per heavy atom. The smallest absolute Gasteiger partial charge is 0.410 e. The fraction of sp³-hybridized carbons (Fsp3) is 0.481. The Labute approximate surface area is 221 Å². The predicted molar refractivity (Wildman–Crippen MR) is 141 cm³/mol. The molecule has 0 bridgehead atoms. The van der Waals surface area contributed by atoms with Crippen LogP contribution in [0.25, 0.3) is 0 Å². The number of nitrogens with zero attached hydrogens (tertiary/aromatic N) is 3. The molecule has 1 saturated carbocycles. The Balaban J connectivity index is 1.40. The van der Waals surface area contributed by atoms with E-state index in [-0.39, 0.29) is 25.6 Å². The number of para-hydroxylation sites is 2. The van der Waals surface area contributed by atoms with Crippen molar-refractivity contribution in [2.75, 3.05) is 36.0 Å². The number of hydrogen-bond acceptors (Lipinski definition) is 5. The quantitative estimate of drug-likeness (QED) is 0.508. The van der Waals surface area contributed by atoms with Gasteiger partial charge in [0.2, 0.25) is 0 Å². The molecule has 2 aromatic carbocycles. The molecule has 1 saturated heterocycles. The lowest BCUT2D eigenvalue weighted by Gasteiger charge is -2.50. The zero-order valence-electron chi connectivity index (χ0n) is 20.8. The second kappa shape index (κ2) is 9.43.